The lowest BCUT2D eigenvalue weighted by molar-refractivity contribution is -0.139. The van der Waals surface area contributed by atoms with Crippen LogP contribution in [0, 0.1) is 3.57 Å². The van der Waals surface area contributed by atoms with E-state index in [1.165, 1.54) is 7.11 Å². The normalized spacial score (nSPS) is 11.8. The standard InChI is InChI=1S/C12H14ClIN2O4/c1-20-5-4-10(11(17)18)16-12(19)15-9-3-2-7(14)6-8(9)13/h2-3,6,10H,4-5H2,1H3,(H,17,18)(H2,15,16,19). The zero-order valence-electron chi connectivity index (χ0n) is 10.7. The van der Waals surface area contributed by atoms with Gasteiger partial charge >= 0.3 is 12.0 Å². The van der Waals surface area contributed by atoms with E-state index in [2.05, 4.69) is 33.2 Å². The van der Waals surface area contributed by atoms with Crippen molar-refractivity contribution in [2.75, 3.05) is 19.0 Å². The van der Waals surface area contributed by atoms with Crippen molar-refractivity contribution in [3.8, 4) is 0 Å². The Labute approximate surface area is 135 Å². The topological polar surface area (TPSA) is 87.7 Å². The van der Waals surface area contributed by atoms with Gasteiger partial charge in [0, 0.05) is 23.7 Å². The van der Waals surface area contributed by atoms with Gasteiger partial charge in [0.25, 0.3) is 0 Å². The molecule has 20 heavy (non-hydrogen) atoms. The minimum atomic E-state index is -1.12. The second-order valence-electron chi connectivity index (χ2n) is 3.89. The van der Waals surface area contributed by atoms with E-state index in [9.17, 15) is 9.59 Å². The maximum atomic E-state index is 11.7. The minimum Gasteiger partial charge on any atom is -0.480 e. The predicted octanol–water partition coefficient (Wildman–Crippen LogP) is 2.56. The van der Waals surface area contributed by atoms with E-state index < -0.39 is 18.0 Å². The Morgan fingerprint density at radius 2 is 2.20 bits per heavy atom. The molecule has 0 aliphatic carbocycles. The highest BCUT2D eigenvalue weighted by atomic mass is 127. The number of amides is 2. The summed E-state index contributed by atoms with van der Waals surface area (Å²) in [6.45, 7) is 0.238. The number of carbonyl (C=O) groups is 2. The molecular weight excluding hydrogens is 398 g/mol. The molecule has 0 aromatic heterocycles. The smallest absolute Gasteiger partial charge is 0.326 e. The first-order valence-corrected chi connectivity index (χ1v) is 7.14. The number of halogens is 2. The molecule has 0 spiro atoms. The maximum Gasteiger partial charge on any atom is 0.326 e. The molecule has 8 heteroatoms. The first-order chi connectivity index (χ1) is 9.43. The molecule has 1 atom stereocenters. The molecule has 0 radical (unpaired) electrons. The Hall–Kier alpha value is -1.06. The fourth-order valence-corrected chi connectivity index (χ4v) is 2.30. The summed E-state index contributed by atoms with van der Waals surface area (Å²) in [5.41, 5.74) is 0.417. The Bertz CT molecular complexity index is 498. The summed E-state index contributed by atoms with van der Waals surface area (Å²) in [4.78, 5) is 22.7. The molecule has 6 nitrogen and oxygen atoms in total. The molecule has 0 heterocycles. The lowest BCUT2D eigenvalue weighted by Crippen LogP contribution is -2.43. The number of methoxy groups -OCH3 is 1. The molecule has 1 aromatic rings. The predicted molar refractivity (Wildman–Crippen MR) is 84.2 cm³/mol. The number of benzene rings is 1. The Balaban J connectivity index is 2.63. The third-order valence-corrected chi connectivity index (χ3v) is 3.38. The van der Waals surface area contributed by atoms with Crippen LogP contribution in [0.15, 0.2) is 18.2 Å². The van der Waals surface area contributed by atoms with Crippen LogP contribution in [0.2, 0.25) is 5.02 Å². The SMILES string of the molecule is COCCC(NC(=O)Nc1ccc(I)cc1Cl)C(=O)O. The van der Waals surface area contributed by atoms with Crippen molar-refractivity contribution < 1.29 is 19.4 Å². The van der Waals surface area contributed by atoms with Crippen LogP contribution in [-0.2, 0) is 9.53 Å². The summed E-state index contributed by atoms with van der Waals surface area (Å²) in [5.74, 6) is -1.12. The van der Waals surface area contributed by atoms with Crippen LogP contribution in [0.5, 0.6) is 0 Å². The molecule has 3 N–H and O–H groups in total. The zero-order chi connectivity index (χ0) is 15.1. The van der Waals surface area contributed by atoms with Crippen LogP contribution in [0.1, 0.15) is 6.42 Å². The van der Waals surface area contributed by atoms with Gasteiger partial charge < -0.3 is 20.5 Å². The summed E-state index contributed by atoms with van der Waals surface area (Å²) in [7, 11) is 1.46. The van der Waals surface area contributed by atoms with E-state index in [0.717, 1.165) is 3.57 Å². The van der Waals surface area contributed by atoms with Crippen molar-refractivity contribution in [3.05, 3.63) is 26.8 Å². The van der Waals surface area contributed by atoms with Gasteiger partial charge in [0.1, 0.15) is 6.04 Å². The lowest BCUT2D eigenvalue weighted by atomic mass is 10.2. The van der Waals surface area contributed by atoms with Gasteiger partial charge in [-0.05, 0) is 40.8 Å². The first-order valence-electron chi connectivity index (χ1n) is 5.68. The Morgan fingerprint density at radius 3 is 2.75 bits per heavy atom. The van der Waals surface area contributed by atoms with Gasteiger partial charge in [-0.15, -0.1) is 0 Å². The summed E-state index contributed by atoms with van der Waals surface area (Å²) in [6, 6.07) is 3.47. The second kappa shape index (κ2) is 8.28. The van der Waals surface area contributed by atoms with Gasteiger partial charge in [0.2, 0.25) is 0 Å². The van der Waals surface area contributed by atoms with E-state index in [-0.39, 0.29) is 13.0 Å². The summed E-state index contributed by atoms with van der Waals surface area (Å²) >= 11 is 8.07. The number of ether oxygens (including phenoxy) is 1. The highest BCUT2D eigenvalue weighted by Gasteiger charge is 2.19. The monoisotopic (exact) mass is 412 g/mol. The van der Waals surface area contributed by atoms with Crippen LogP contribution < -0.4 is 10.6 Å². The number of anilines is 1. The molecule has 0 aliphatic rings. The van der Waals surface area contributed by atoms with E-state index in [4.69, 9.17) is 21.4 Å². The largest absolute Gasteiger partial charge is 0.480 e. The van der Waals surface area contributed by atoms with Gasteiger partial charge in [-0.2, -0.15) is 0 Å². The maximum absolute atomic E-state index is 11.7. The summed E-state index contributed by atoms with van der Waals surface area (Å²) in [5, 5.41) is 14.2. The van der Waals surface area contributed by atoms with Crippen LogP contribution >= 0.6 is 34.2 Å². The van der Waals surface area contributed by atoms with Gasteiger partial charge in [-0.1, -0.05) is 11.6 Å². The second-order valence-corrected chi connectivity index (χ2v) is 5.55. The van der Waals surface area contributed by atoms with Crippen molar-refractivity contribution >= 4 is 51.9 Å². The van der Waals surface area contributed by atoms with Crippen LogP contribution in [0.4, 0.5) is 10.5 Å². The molecule has 1 rings (SSSR count). The molecule has 0 saturated carbocycles. The van der Waals surface area contributed by atoms with E-state index in [1.807, 2.05) is 0 Å². The third kappa shape index (κ3) is 5.51. The number of hydrogen-bond acceptors (Lipinski definition) is 3. The van der Waals surface area contributed by atoms with Crippen LogP contribution in [0.25, 0.3) is 0 Å². The number of carbonyl (C=O) groups excluding carboxylic acids is 1. The van der Waals surface area contributed by atoms with Crippen LogP contribution in [-0.4, -0.2) is 36.9 Å². The number of nitrogens with one attached hydrogen (secondary N) is 2. The molecular formula is C12H14ClIN2O4. The van der Waals surface area contributed by atoms with E-state index >= 15 is 0 Å². The molecule has 0 bridgehead atoms. The fraction of sp³-hybridized carbons (Fsp3) is 0.333. The van der Waals surface area contributed by atoms with Crippen molar-refractivity contribution in [2.24, 2.45) is 0 Å². The van der Waals surface area contributed by atoms with Crippen molar-refractivity contribution in [1.82, 2.24) is 5.32 Å². The highest BCUT2D eigenvalue weighted by molar-refractivity contribution is 14.1. The van der Waals surface area contributed by atoms with Gasteiger partial charge in [0.15, 0.2) is 0 Å². The van der Waals surface area contributed by atoms with Gasteiger partial charge in [-0.25, -0.2) is 9.59 Å². The van der Waals surface area contributed by atoms with Crippen LogP contribution in [0.3, 0.4) is 0 Å². The number of urea groups is 1. The molecule has 0 aliphatic heterocycles. The number of carboxylic acids is 1. The number of hydrogen-bond donors (Lipinski definition) is 3. The number of carboxylic acid groups (broad SMARTS) is 1. The summed E-state index contributed by atoms with van der Waals surface area (Å²) < 4.78 is 5.73. The number of rotatable bonds is 6. The lowest BCUT2D eigenvalue weighted by Gasteiger charge is -2.15. The van der Waals surface area contributed by atoms with Gasteiger partial charge in [-0.3, -0.25) is 0 Å². The van der Waals surface area contributed by atoms with Crippen molar-refractivity contribution in [2.45, 2.75) is 12.5 Å². The fourth-order valence-electron chi connectivity index (χ4n) is 1.40. The van der Waals surface area contributed by atoms with Crippen molar-refractivity contribution in [1.29, 1.82) is 0 Å². The van der Waals surface area contributed by atoms with Gasteiger partial charge in [0.05, 0.1) is 10.7 Å². The average molecular weight is 413 g/mol. The number of aliphatic carboxylic acids is 1. The van der Waals surface area contributed by atoms with E-state index in [1.54, 1.807) is 18.2 Å². The molecule has 0 saturated heterocycles. The highest BCUT2D eigenvalue weighted by Crippen LogP contribution is 2.23. The quantitative estimate of drug-likeness (QED) is 0.627. The molecule has 110 valence electrons. The Kier molecular flexibility index (Phi) is 7.03. The van der Waals surface area contributed by atoms with Crippen molar-refractivity contribution in [3.63, 3.8) is 0 Å². The molecule has 1 unspecified atom stereocenters. The average Bonchev–Trinajstić information content (AvgIpc) is 2.37. The molecule has 2 amide bonds. The molecule has 1 aromatic carbocycles. The minimum absolute atomic E-state index is 0.180. The Morgan fingerprint density at radius 1 is 1.50 bits per heavy atom. The molecule has 0 fully saturated rings. The third-order valence-electron chi connectivity index (χ3n) is 2.39. The summed E-state index contributed by atoms with van der Waals surface area (Å²) in [6.07, 6.45) is 0.180. The first kappa shape index (κ1) is 17.0. The zero-order valence-corrected chi connectivity index (χ0v) is 13.6. The van der Waals surface area contributed by atoms with E-state index in [0.29, 0.717) is 10.7 Å².